The number of hydrazone groups is 1. The molecule has 0 spiro atoms. The van der Waals surface area contributed by atoms with Gasteiger partial charge in [0.25, 0.3) is 5.69 Å². The van der Waals surface area contributed by atoms with Crippen LogP contribution in [0.4, 0.5) is 11.4 Å². The van der Waals surface area contributed by atoms with E-state index in [2.05, 4.69) is 0 Å². The Bertz CT molecular complexity index is 1190. The molecule has 3 aromatic rings. The van der Waals surface area contributed by atoms with Gasteiger partial charge in [0.2, 0.25) is 0 Å². The molecule has 0 N–H and O–H groups in total. The molecule has 3 aromatic carbocycles. The lowest BCUT2D eigenvalue weighted by molar-refractivity contribution is -0.384. The molecule has 0 unspecified atom stereocenters. The monoisotopic (exact) mass is 470 g/mol. The fraction of sp³-hybridized carbons (Fsp3) is 0.0909. The molecule has 0 fully saturated rings. The van der Waals surface area contributed by atoms with Crippen molar-refractivity contribution in [2.45, 2.75) is 6.54 Å². The normalized spacial score (nSPS) is 15.1. The van der Waals surface area contributed by atoms with Gasteiger partial charge >= 0.3 is 0 Å². The minimum absolute atomic E-state index is 0.0371. The van der Waals surface area contributed by atoms with Crippen molar-refractivity contribution in [3.63, 3.8) is 0 Å². The SMILES string of the molecule is O=[N+]([O-])c1cccc(C2=NN(Cc3ccccc3)C(=Nc3ccc(Cl)c(Cl)c3)SC2)c1. The van der Waals surface area contributed by atoms with Crippen LogP contribution in [-0.4, -0.2) is 26.6 Å². The molecule has 4 rings (SSSR count). The van der Waals surface area contributed by atoms with Crippen molar-refractivity contribution in [1.82, 2.24) is 5.01 Å². The Balaban J connectivity index is 1.71. The lowest BCUT2D eigenvalue weighted by atomic mass is 10.1. The van der Waals surface area contributed by atoms with E-state index in [9.17, 15) is 10.1 Å². The van der Waals surface area contributed by atoms with Gasteiger partial charge in [-0.05, 0) is 23.8 Å². The van der Waals surface area contributed by atoms with E-state index in [1.807, 2.05) is 36.4 Å². The molecular formula is C22H16Cl2N4O2S. The van der Waals surface area contributed by atoms with Gasteiger partial charge in [0.1, 0.15) is 0 Å². The molecule has 1 aliphatic rings. The van der Waals surface area contributed by atoms with Gasteiger partial charge in [0, 0.05) is 23.4 Å². The van der Waals surface area contributed by atoms with Gasteiger partial charge in [-0.1, -0.05) is 77.4 Å². The zero-order chi connectivity index (χ0) is 21.8. The fourth-order valence-corrected chi connectivity index (χ4v) is 4.19. The van der Waals surface area contributed by atoms with E-state index in [0.717, 1.165) is 11.3 Å². The molecule has 0 amide bonds. The number of nitro groups is 1. The third-order valence-electron chi connectivity index (χ3n) is 4.49. The number of nitrogens with zero attached hydrogens (tertiary/aromatic N) is 4. The summed E-state index contributed by atoms with van der Waals surface area (Å²) in [5.74, 6) is 0.534. The lowest BCUT2D eigenvalue weighted by Crippen LogP contribution is -2.30. The molecule has 1 heterocycles. The molecule has 9 heteroatoms. The van der Waals surface area contributed by atoms with Crippen LogP contribution < -0.4 is 0 Å². The summed E-state index contributed by atoms with van der Waals surface area (Å²) in [6.07, 6.45) is 0. The summed E-state index contributed by atoms with van der Waals surface area (Å²) in [6.45, 7) is 0.506. The van der Waals surface area contributed by atoms with E-state index in [1.165, 1.54) is 17.8 Å². The molecule has 0 radical (unpaired) electrons. The number of hydrogen-bond donors (Lipinski definition) is 0. The molecule has 0 saturated carbocycles. The first-order valence-electron chi connectivity index (χ1n) is 9.30. The van der Waals surface area contributed by atoms with Crippen molar-refractivity contribution in [2.24, 2.45) is 10.1 Å². The van der Waals surface area contributed by atoms with Crippen LogP contribution in [-0.2, 0) is 6.54 Å². The number of rotatable bonds is 5. The highest BCUT2D eigenvalue weighted by atomic mass is 35.5. The number of halogens is 2. The van der Waals surface area contributed by atoms with E-state index in [-0.39, 0.29) is 5.69 Å². The third kappa shape index (κ3) is 5.25. The number of nitro benzene ring substituents is 1. The van der Waals surface area contributed by atoms with Gasteiger partial charge in [-0.25, -0.2) is 10.0 Å². The second-order valence-corrected chi connectivity index (χ2v) is 8.44. The zero-order valence-electron chi connectivity index (χ0n) is 16.1. The average molecular weight is 471 g/mol. The number of aliphatic imine (C=N–C) groups is 1. The summed E-state index contributed by atoms with van der Waals surface area (Å²) < 4.78 is 0. The van der Waals surface area contributed by atoms with Gasteiger partial charge in [0.05, 0.1) is 32.9 Å². The Hall–Kier alpha value is -2.87. The van der Waals surface area contributed by atoms with Gasteiger partial charge in [0.15, 0.2) is 5.17 Å². The van der Waals surface area contributed by atoms with Crippen LogP contribution in [0.5, 0.6) is 0 Å². The number of thioether (sulfide) groups is 1. The topological polar surface area (TPSA) is 71.1 Å². The minimum Gasteiger partial charge on any atom is -0.258 e. The van der Waals surface area contributed by atoms with Crippen molar-refractivity contribution < 1.29 is 4.92 Å². The molecule has 0 aliphatic carbocycles. The van der Waals surface area contributed by atoms with E-state index in [1.54, 1.807) is 35.3 Å². The molecule has 1 aliphatic heterocycles. The van der Waals surface area contributed by atoms with Crippen LogP contribution in [0.15, 0.2) is 82.9 Å². The predicted molar refractivity (Wildman–Crippen MR) is 128 cm³/mol. The predicted octanol–water partition coefficient (Wildman–Crippen LogP) is 6.54. The number of amidine groups is 1. The van der Waals surface area contributed by atoms with Crippen LogP contribution in [0.1, 0.15) is 11.1 Å². The largest absolute Gasteiger partial charge is 0.270 e. The van der Waals surface area contributed by atoms with Crippen LogP contribution in [0.25, 0.3) is 0 Å². The van der Waals surface area contributed by atoms with Crippen molar-refractivity contribution in [3.8, 4) is 0 Å². The Labute approximate surface area is 193 Å². The zero-order valence-corrected chi connectivity index (χ0v) is 18.4. The van der Waals surface area contributed by atoms with Crippen molar-refractivity contribution in [3.05, 3.63) is 104 Å². The molecule has 0 aromatic heterocycles. The summed E-state index contributed by atoms with van der Waals surface area (Å²) in [7, 11) is 0. The summed E-state index contributed by atoms with van der Waals surface area (Å²) in [5.41, 5.74) is 3.24. The second kappa shape index (κ2) is 9.51. The maximum absolute atomic E-state index is 11.2. The third-order valence-corrected chi connectivity index (χ3v) is 6.21. The first-order chi connectivity index (χ1) is 15.0. The standard InChI is InChI=1S/C22H16Cl2N4O2S/c23-19-10-9-17(12-20(19)24)25-22-27(13-15-5-2-1-3-6-15)26-21(14-31-22)16-7-4-8-18(11-16)28(29)30/h1-12H,13-14H2. The molecule has 0 saturated heterocycles. The van der Waals surface area contributed by atoms with E-state index in [0.29, 0.717) is 38.8 Å². The number of benzene rings is 3. The summed E-state index contributed by atoms with van der Waals surface area (Å²) in [6, 6.07) is 21.6. The number of hydrogen-bond acceptors (Lipinski definition) is 5. The van der Waals surface area contributed by atoms with Crippen LogP contribution in [0.3, 0.4) is 0 Å². The lowest BCUT2D eigenvalue weighted by Gasteiger charge is -2.26. The van der Waals surface area contributed by atoms with Crippen molar-refractivity contribution >= 4 is 57.2 Å². The quantitative estimate of drug-likeness (QED) is 0.313. The Morgan fingerprint density at radius 2 is 1.84 bits per heavy atom. The van der Waals surface area contributed by atoms with Crippen LogP contribution in [0.2, 0.25) is 10.0 Å². The van der Waals surface area contributed by atoms with Gasteiger partial charge in [-0.3, -0.25) is 10.1 Å². The Morgan fingerprint density at radius 3 is 2.58 bits per heavy atom. The van der Waals surface area contributed by atoms with Crippen LogP contribution >= 0.6 is 35.0 Å². The average Bonchev–Trinajstić information content (AvgIpc) is 2.78. The van der Waals surface area contributed by atoms with Crippen molar-refractivity contribution in [2.75, 3.05) is 5.75 Å². The van der Waals surface area contributed by atoms with E-state index >= 15 is 0 Å². The molecule has 0 bridgehead atoms. The summed E-state index contributed by atoms with van der Waals surface area (Å²) >= 11 is 13.7. The first kappa shape index (κ1) is 21.4. The van der Waals surface area contributed by atoms with Gasteiger partial charge in [-0.15, -0.1) is 0 Å². The highest BCUT2D eigenvalue weighted by molar-refractivity contribution is 8.14. The minimum atomic E-state index is -0.404. The number of non-ortho nitro benzene ring substituents is 1. The van der Waals surface area contributed by atoms with Crippen molar-refractivity contribution in [1.29, 1.82) is 0 Å². The molecule has 156 valence electrons. The van der Waals surface area contributed by atoms with Gasteiger partial charge < -0.3 is 0 Å². The Morgan fingerprint density at radius 1 is 1.03 bits per heavy atom. The summed E-state index contributed by atoms with van der Waals surface area (Å²) in [5, 5.41) is 19.3. The summed E-state index contributed by atoms with van der Waals surface area (Å²) in [4.78, 5) is 15.5. The molecular weight excluding hydrogens is 455 g/mol. The first-order valence-corrected chi connectivity index (χ1v) is 11.0. The van der Waals surface area contributed by atoms with E-state index in [4.69, 9.17) is 33.3 Å². The molecule has 31 heavy (non-hydrogen) atoms. The Kier molecular flexibility index (Phi) is 6.56. The highest BCUT2D eigenvalue weighted by Gasteiger charge is 2.22. The second-order valence-electron chi connectivity index (χ2n) is 6.68. The smallest absolute Gasteiger partial charge is 0.258 e. The van der Waals surface area contributed by atoms with E-state index < -0.39 is 4.92 Å². The molecule has 6 nitrogen and oxygen atoms in total. The molecule has 0 atom stereocenters. The maximum atomic E-state index is 11.2. The fourth-order valence-electron chi connectivity index (χ4n) is 2.98. The van der Waals surface area contributed by atoms with Crippen LogP contribution in [0, 0.1) is 10.1 Å². The highest BCUT2D eigenvalue weighted by Crippen LogP contribution is 2.30. The maximum Gasteiger partial charge on any atom is 0.270 e. The van der Waals surface area contributed by atoms with Gasteiger partial charge in [-0.2, -0.15) is 5.10 Å².